The largest absolute Gasteiger partial charge is 0.381 e. The Balaban J connectivity index is 1.59. The average molecular weight is 260 g/mol. The van der Waals surface area contributed by atoms with Crippen molar-refractivity contribution in [2.24, 2.45) is 5.92 Å². The number of benzene rings is 1. The van der Waals surface area contributed by atoms with Crippen LogP contribution in [0.15, 0.2) is 28.8 Å². The highest BCUT2D eigenvalue weighted by atomic mass is 16.5. The molecule has 0 bridgehead atoms. The SMILES string of the molecule is O=C(Cc1noc2ccccc12)NC[C@H]1CCOC1. The third-order valence-electron chi connectivity index (χ3n) is 3.39. The van der Waals surface area contributed by atoms with Crippen LogP contribution in [0.25, 0.3) is 11.0 Å². The normalized spacial score (nSPS) is 18.8. The quantitative estimate of drug-likeness (QED) is 0.905. The maximum absolute atomic E-state index is 11.9. The minimum atomic E-state index is -0.0223. The molecular weight excluding hydrogens is 244 g/mol. The molecule has 1 amide bonds. The highest BCUT2D eigenvalue weighted by Crippen LogP contribution is 2.18. The van der Waals surface area contributed by atoms with Gasteiger partial charge in [0.2, 0.25) is 5.91 Å². The van der Waals surface area contributed by atoms with Crippen molar-refractivity contribution >= 4 is 16.9 Å². The predicted molar refractivity (Wildman–Crippen MR) is 69.6 cm³/mol. The lowest BCUT2D eigenvalue weighted by Crippen LogP contribution is -2.30. The standard InChI is InChI=1S/C14H16N2O3/c17-14(15-8-10-5-6-18-9-10)7-12-11-3-1-2-4-13(11)19-16-12/h1-4,10H,5-9H2,(H,15,17)/t10-/m1/s1. The summed E-state index contributed by atoms with van der Waals surface area (Å²) >= 11 is 0. The van der Waals surface area contributed by atoms with Crippen LogP contribution in [0.2, 0.25) is 0 Å². The van der Waals surface area contributed by atoms with Crippen LogP contribution in [0.5, 0.6) is 0 Å². The number of nitrogens with zero attached hydrogens (tertiary/aromatic N) is 1. The van der Waals surface area contributed by atoms with E-state index in [-0.39, 0.29) is 12.3 Å². The molecule has 0 spiro atoms. The molecule has 19 heavy (non-hydrogen) atoms. The maximum Gasteiger partial charge on any atom is 0.226 e. The number of aromatic nitrogens is 1. The Morgan fingerprint density at radius 2 is 2.32 bits per heavy atom. The maximum atomic E-state index is 11.9. The number of ether oxygens (including phenoxy) is 1. The van der Waals surface area contributed by atoms with E-state index < -0.39 is 0 Å². The van der Waals surface area contributed by atoms with Gasteiger partial charge in [0.25, 0.3) is 0 Å². The molecule has 0 radical (unpaired) electrons. The van der Waals surface area contributed by atoms with Crippen LogP contribution in [0.4, 0.5) is 0 Å². The van der Waals surface area contributed by atoms with E-state index in [9.17, 15) is 4.79 Å². The zero-order chi connectivity index (χ0) is 13.1. The fourth-order valence-corrected chi connectivity index (χ4v) is 2.28. The Morgan fingerprint density at radius 1 is 1.42 bits per heavy atom. The lowest BCUT2D eigenvalue weighted by atomic mass is 10.1. The number of rotatable bonds is 4. The molecule has 3 rings (SSSR count). The van der Waals surface area contributed by atoms with Crippen LogP contribution in [0.1, 0.15) is 12.1 Å². The Kier molecular flexibility index (Phi) is 3.46. The summed E-state index contributed by atoms with van der Waals surface area (Å²) in [5.41, 5.74) is 1.41. The smallest absolute Gasteiger partial charge is 0.226 e. The van der Waals surface area contributed by atoms with Gasteiger partial charge in [0.05, 0.1) is 13.0 Å². The Hall–Kier alpha value is -1.88. The summed E-state index contributed by atoms with van der Waals surface area (Å²) in [6.07, 6.45) is 1.28. The Morgan fingerprint density at radius 3 is 3.16 bits per heavy atom. The first-order chi connectivity index (χ1) is 9.33. The van der Waals surface area contributed by atoms with Crippen molar-refractivity contribution in [3.8, 4) is 0 Å². The van der Waals surface area contributed by atoms with Gasteiger partial charge in [0.15, 0.2) is 5.58 Å². The first-order valence-corrected chi connectivity index (χ1v) is 6.50. The second-order valence-electron chi connectivity index (χ2n) is 4.84. The van der Waals surface area contributed by atoms with Crippen molar-refractivity contribution in [3.05, 3.63) is 30.0 Å². The number of carbonyl (C=O) groups is 1. The summed E-state index contributed by atoms with van der Waals surface area (Å²) in [5.74, 6) is 0.420. The van der Waals surface area contributed by atoms with Crippen LogP contribution in [0, 0.1) is 5.92 Å². The van der Waals surface area contributed by atoms with Gasteiger partial charge in [-0.25, -0.2) is 0 Å². The zero-order valence-electron chi connectivity index (χ0n) is 10.6. The molecule has 1 atom stereocenters. The van der Waals surface area contributed by atoms with Gasteiger partial charge in [0.1, 0.15) is 5.69 Å². The average Bonchev–Trinajstić information content (AvgIpc) is 3.07. The van der Waals surface area contributed by atoms with Gasteiger partial charge in [-0.05, 0) is 18.6 Å². The molecular formula is C14H16N2O3. The second-order valence-corrected chi connectivity index (χ2v) is 4.84. The molecule has 0 unspecified atom stereocenters. The molecule has 1 N–H and O–H groups in total. The van der Waals surface area contributed by atoms with Gasteiger partial charge in [-0.3, -0.25) is 4.79 Å². The fraction of sp³-hybridized carbons (Fsp3) is 0.429. The van der Waals surface area contributed by atoms with E-state index in [4.69, 9.17) is 9.26 Å². The topological polar surface area (TPSA) is 64.4 Å². The second kappa shape index (κ2) is 5.40. The van der Waals surface area contributed by atoms with E-state index in [0.29, 0.717) is 18.2 Å². The molecule has 1 aromatic carbocycles. The molecule has 1 aliphatic heterocycles. The molecule has 5 nitrogen and oxygen atoms in total. The molecule has 2 aromatic rings. The molecule has 100 valence electrons. The van der Waals surface area contributed by atoms with Crippen molar-refractivity contribution in [2.45, 2.75) is 12.8 Å². The Labute approximate surface area is 110 Å². The summed E-state index contributed by atoms with van der Waals surface area (Å²) in [4.78, 5) is 11.9. The van der Waals surface area contributed by atoms with Gasteiger partial charge in [-0.15, -0.1) is 0 Å². The first kappa shape index (κ1) is 12.2. The van der Waals surface area contributed by atoms with Crippen LogP contribution in [-0.4, -0.2) is 30.8 Å². The van der Waals surface area contributed by atoms with Crippen molar-refractivity contribution in [1.82, 2.24) is 10.5 Å². The fourth-order valence-electron chi connectivity index (χ4n) is 2.28. The zero-order valence-corrected chi connectivity index (χ0v) is 10.6. The molecule has 1 aromatic heterocycles. The van der Waals surface area contributed by atoms with Crippen molar-refractivity contribution in [1.29, 1.82) is 0 Å². The van der Waals surface area contributed by atoms with Crippen molar-refractivity contribution in [3.63, 3.8) is 0 Å². The number of nitrogens with one attached hydrogen (secondary N) is 1. The van der Waals surface area contributed by atoms with Crippen LogP contribution < -0.4 is 5.32 Å². The third kappa shape index (κ3) is 2.76. The lowest BCUT2D eigenvalue weighted by Gasteiger charge is -2.08. The summed E-state index contributed by atoms with van der Waals surface area (Å²) in [6, 6.07) is 7.56. The van der Waals surface area contributed by atoms with E-state index in [0.717, 1.165) is 30.6 Å². The minimum absolute atomic E-state index is 0.0223. The summed E-state index contributed by atoms with van der Waals surface area (Å²) in [7, 11) is 0. The molecule has 0 saturated carbocycles. The van der Waals surface area contributed by atoms with Gasteiger partial charge >= 0.3 is 0 Å². The first-order valence-electron chi connectivity index (χ1n) is 6.50. The van der Waals surface area contributed by atoms with Crippen LogP contribution in [-0.2, 0) is 16.0 Å². The van der Waals surface area contributed by atoms with Gasteiger partial charge in [0, 0.05) is 24.5 Å². The van der Waals surface area contributed by atoms with Gasteiger partial charge < -0.3 is 14.6 Å². The molecule has 1 aliphatic rings. The molecule has 2 heterocycles. The molecule has 0 aliphatic carbocycles. The highest BCUT2D eigenvalue weighted by molar-refractivity contribution is 5.86. The van der Waals surface area contributed by atoms with E-state index in [1.807, 2.05) is 24.3 Å². The molecule has 5 heteroatoms. The van der Waals surface area contributed by atoms with Gasteiger partial charge in [-0.1, -0.05) is 17.3 Å². The van der Waals surface area contributed by atoms with E-state index in [2.05, 4.69) is 10.5 Å². The van der Waals surface area contributed by atoms with Crippen molar-refractivity contribution in [2.75, 3.05) is 19.8 Å². The third-order valence-corrected chi connectivity index (χ3v) is 3.39. The van der Waals surface area contributed by atoms with Crippen LogP contribution in [0.3, 0.4) is 0 Å². The monoisotopic (exact) mass is 260 g/mol. The minimum Gasteiger partial charge on any atom is -0.381 e. The predicted octanol–water partition coefficient (Wildman–Crippen LogP) is 1.52. The Bertz CT molecular complexity index is 573. The summed E-state index contributed by atoms with van der Waals surface area (Å²) in [6.45, 7) is 2.22. The van der Waals surface area contributed by atoms with Gasteiger partial charge in [-0.2, -0.15) is 0 Å². The summed E-state index contributed by atoms with van der Waals surface area (Å²) < 4.78 is 10.5. The molecule has 1 saturated heterocycles. The summed E-state index contributed by atoms with van der Waals surface area (Å²) in [5, 5.41) is 7.79. The van der Waals surface area contributed by atoms with Crippen LogP contribution >= 0.6 is 0 Å². The number of fused-ring (bicyclic) bond motifs is 1. The van der Waals surface area contributed by atoms with E-state index in [1.165, 1.54) is 0 Å². The molecule has 1 fully saturated rings. The number of carbonyl (C=O) groups excluding carboxylic acids is 1. The number of para-hydroxylation sites is 1. The number of hydrogen-bond acceptors (Lipinski definition) is 4. The van der Waals surface area contributed by atoms with E-state index in [1.54, 1.807) is 0 Å². The number of amides is 1. The highest BCUT2D eigenvalue weighted by Gasteiger charge is 2.17. The lowest BCUT2D eigenvalue weighted by molar-refractivity contribution is -0.120. The van der Waals surface area contributed by atoms with Crippen molar-refractivity contribution < 1.29 is 14.1 Å². The van der Waals surface area contributed by atoms with E-state index >= 15 is 0 Å². The number of hydrogen-bond donors (Lipinski definition) is 1.